The Morgan fingerprint density at radius 2 is 1.79 bits per heavy atom. The molecule has 5 rings (SSSR count). The lowest BCUT2D eigenvalue weighted by atomic mass is 10.1. The lowest BCUT2D eigenvalue weighted by Crippen LogP contribution is -2.29. The van der Waals surface area contributed by atoms with E-state index in [-0.39, 0.29) is 41.1 Å². The fraction of sp³-hybridized carbons (Fsp3) is 0.241. The number of rotatable bonds is 10. The van der Waals surface area contributed by atoms with Gasteiger partial charge in [0.05, 0.1) is 24.2 Å². The van der Waals surface area contributed by atoms with Crippen LogP contribution in [0, 0.1) is 5.92 Å². The molecule has 0 spiro atoms. The number of hydrogen-bond acceptors (Lipinski definition) is 10. The van der Waals surface area contributed by atoms with Crippen molar-refractivity contribution >= 4 is 34.9 Å². The fourth-order valence-electron chi connectivity index (χ4n) is 4.26. The number of nitrogens with zero attached hydrogens (tertiary/aromatic N) is 5. The molecule has 4 N–H and O–H groups in total. The summed E-state index contributed by atoms with van der Waals surface area (Å²) in [6.07, 6.45) is 3.29. The summed E-state index contributed by atoms with van der Waals surface area (Å²) in [5.41, 5.74) is 2.09. The van der Waals surface area contributed by atoms with E-state index in [0.29, 0.717) is 33.9 Å². The Balaban J connectivity index is 1.37. The molecular weight excluding hydrogens is 554 g/mol. The second-order valence-electron chi connectivity index (χ2n) is 9.78. The van der Waals surface area contributed by atoms with Crippen LogP contribution in [0.3, 0.4) is 0 Å². The molecule has 3 amide bonds. The van der Waals surface area contributed by atoms with Crippen LogP contribution < -0.4 is 31.6 Å². The van der Waals surface area contributed by atoms with E-state index >= 15 is 0 Å². The predicted molar refractivity (Wildman–Crippen MR) is 157 cm³/mol. The van der Waals surface area contributed by atoms with Gasteiger partial charge >= 0.3 is 0 Å². The number of pyridine rings is 1. The molecule has 0 bridgehead atoms. The van der Waals surface area contributed by atoms with Gasteiger partial charge in [0.15, 0.2) is 23.0 Å². The maximum atomic E-state index is 12.7. The van der Waals surface area contributed by atoms with E-state index in [0.717, 1.165) is 12.8 Å². The molecule has 3 aromatic heterocycles. The van der Waals surface area contributed by atoms with Gasteiger partial charge in [0.2, 0.25) is 5.91 Å². The van der Waals surface area contributed by atoms with Crippen molar-refractivity contribution < 1.29 is 19.1 Å². The minimum atomic E-state index is -0.483. The molecule has 0 unspecified atom stereocenters. The number of para-hydroxylation sites is 1. The van der Waals surface area contributed by atoms with Crippen LogP contribution in [0.25, 0.3) is 11.3 Å². The van der Waals surface area contributed by atoms with E-state index in [1.165, 1.54) is 30.9 Å². The third kappa shape index (κ3) is 6.48. The highest BCUT2D eigenvalue weighted by Gasteiger charge is 2.30. The molecule has 1 aliphatic rings. The van der Waals surface area contributed by atoms with Crippen molar-refractivity contribution in [2.75, 3.05) is 24.8 Å². The summed E-state index contributed by atoms with van der Waals surface area (Å²) in [6.45, 7) is 0.0468. The van der Waals surface area contributed by atoms with E-state index in [9.17, 15) is 19.2 Å². The number of carbonyl (C=O) groups excluding carboxylic acids is 3. The molecule has 1 saturated carbocycles. The maximum absolute atomic E-state index is 12.7. The molecular formula is C29H29N9O5. The number of carbonyl (C=O) groups is 3. The van der Waals surface area contributed by atoms with Gasteiger partial charge in [-0.1, -0.05) is 12.1 Å². The summed E-state index contributed by atoms with van der Waals surface area (Å²) >= 11 is 0. The SMILES string of the molecule is CNC(=O)c1nnc(NC(=O)C2CC2)cc1Nc1cccc(-c2ccc(C(=O)NCc3cccn(C)c3=O)nn2)c1OC. The highest BCUT2D eigenvalue weighted by molar-refractivity contribution is 6.00. The highest BCUT2D eigenvalue weighted by atomic mass is 16.5. The molecule has 43 heavy (non-hydrogen) atoms. The van der Waals surface area contributed by atoms with Crippen LogP contribution in [-0.4, -0.2) is 56.8 Å². The molecule has 0 aliphatic heterocycles. The fourth-order valence-corrected chi connectivity index (χ4v) is 4.26. The first-order valence-electron chi connectivity index (χ1n) is 13.4. The molecule has 4 aromatic rings. The highest BCUT2D eigenvalue weighted by Crippen LogP contribution is 2.38. The molecule has 1 fully saturated rings. The van der Waals surface area contributed by atoms with E-state index in [2.05, 4.69) is 41.7 Å². The quantitative estimate of drug-likeness (QED) is 0.216. The summed E-state index contributed by atoms with van der Waals surface area (Å²) in [6, 6.07) is 13.3. The minimum absolute atomic E-state index is 0.0166. The molecule has 0 radical (unpaired) electrons. The largest absolute Gasteiger partial charge is 0.494 e. The van der Waals surface area contributed by atoms with Crippen molar-refractivity contribution in [2.45, 2.75) is 19.4 Å². The molecule has 3 heterocycles. The first-order valence-corrected chi connectivity index (χ1v) is 13.4. The average Bonchev–Trinajstić information content (AvgIpc) is 3.87. The van der Waals surface area contributed by atoms with Crippen LogP contribution in [0.1, 0.15) is 39.4 Å². The predicted octanol–water partition coefficient (Wildman–Crippen LogP) is 2.02. The zero-order valence-corrected chi connectivity index (χ0v) is 23.7. The number of anilines is 3. The van der Waals surface area contributed by atoms with Gasteiger partial charge in [-0.3, -0.25) is 19.2 Å². The third-order valence-corrected chi connectivity index (χ3v) is 6.74. The van der Waals surface area contributed by atoms with Gasteiger partial charge in [-0.15, -0.1) is 20.4 Å². The van der Waals surface area contributed by atoms with Crippen molar-refractivity contribution in [3.63, 3.8) is 0 Å². The number of ether oxygens (including phenoxy) is 1. The Morgan fingerprint density at radius 1 is 0.977 bits per heavy atom. The number of benzene rings is 1. The summed E-state index contributed by atoms with van der Waals surface area (Å²) < 4.78 is 7.14. The second kappa shape index (κ2) is 12.5. The molecule has 1 aliphatic carbocycles. The third-order valence-electron chi connectivity index (χ3n) is 6.74. The zero-order valence-electron chi connectivity index (χ0n) is 23.7. The molecule has 14 heteroatoms. The molecule has 0 saturated heterocycles. The Bertz CT molecular complexity index is 1750. The van der Waals surface area contributed by atoms with E-state index < -0.39 is 11.8 Å². The van der Waals surface area contributed by atoms with Gasteiger partial charge in [0, 0.05) is 49.9 Å². The number of amides is 3. The van der Waals surface area contributed by atoms with Crippen molar-refractivity contribution in [3.05, 3.63) is 82.0 Å². The monoisotopic (exact) mass is 583 g/mol. The van der Waals surface area contributed by atoms with Crippen LogP contribution in [0.5, 0.6) is 5.75 Å². The Kier molecular flexibility index (Phi) is 8.36. The molecule has 220 valence electrons. The van der Waals surface area contributed by atoms with Crippen LogP contribution in [0.4, 0.5) is 17.2 Å². The van der Waals surface area contributed by atoms with Crippen LogP contribution in [0.2, 0.25) is 0 Å². The number of nitrogens with one attached hydrogen (secondary N) is 4. The zero-order chi connectivity index (χ0) is 30.5. The first kappa shape index (κ1) is 28.9. The number of methoxy groups -OCH3 is 1. The number of aromatic nitrogens is 5. The Hall–Kier alpha value is -5.66. The van der Waals surface area contributed by atoms with Gasteiger partial charge in [-0.2, -0.15) is 0 Å². The van der Waals surface area contributed by atoms with Gasteiger partial charge in [0.25, 0.3) is 17.4 Å². The summed E-state index contributed by atoms with van der Waals surface area (Å²) in [4.78, 5) is 49.7. The Morgan fingerprint density at radius 3 is 2.49 bits per heavy atom. The summed E-state index contributed by atoms with van der Waals surface area (Å²) in [5, 5.41) is 27.4. The maximum Gasteiger partial charge on any atom is 0.273 e. The van der Waals surface area contributed by atoms with Crippen molar-refractivity contribution in [1.82, 2.24) is 35.6 Å². The normalized spacial score (nSPS) is 12.3. The number of hydrogen-bond donors (Lipinski definition) is 4. The van der Waals surface area contributed by atoms with Crippen LogP contribution in [0.15, 0.2) is 59.5 Å². The first-order chi connectivity index (χ1) is 20.8. The average molecular weight is 584 g/mol. The standard InChI is InChI=1S/C29H29N9O5/c1-30-28(41)24-22(14-23(36-37-24)33-26(39)16-9-10-16)32-20-8-4-7-18(25(20)43-3)19-11-12-21(35-34-19)27(40)31-15-17-6-5-13-38(2)29(17)42/h4-8,11-14,16H,9-10,15H2,1-3H3,(H,30,41)(H,31,40)(H2,32,33,36,39). The summed E-state index contributed by atoms with van der Waals surface area (Å²) in [7, 11) is 4.60. The smallest absolute Gasteiger partial charge is 0.273 e. The number of aryl methyl sites for hydroxylation is 1. The second-order valence-corrected chi connectivity index (χ2v) is 9.78. The van der Waals surface area contributed by atoms with E-state index in [1.54, 1.807) is 49.6 Å². The summed E-state index contributed by atoms with van der Waals surface area (Å²) in [5.74, 6) is -0.550. The topological polar surface area (TPSA) is 182 Å². The van der Waals surface area contributed by atoms with E-state index in [1.807, 2.05) is 0 Å². The van der Waals surface area contributed by atoms with Crippen molar-refractivity contribution in [1.29, 1.82) is 0 Å². The van der Waals surface area contributed by atoms with Gasteiger partial charge < -0.3 is 30.6 Å². The molecule has 14 nitrogen and oxygen atoms in total. The molecule has 1 aromatic carbocycles. The van der Waals surface area contributed by atoms with Crippen molar-refractivity contribution in [3.8, 4) is 17.0 Å². The van der Waals surface area contributed by atoms with Gasteiger partial charge in [-0.25, -0.2) is 0 Å². The van der Waals surface area contributed by atoms with Crippen LogP contribution >= 0.6 is 0 Å². The molecule has 0 atom stereocenters. The lowest BCUT2D eigenvalue weighted by Gasteiger charge is -2.16. The van der Waals surface area contributed by atoms with Crippen LogP contribution in [-0.2, 0) is 18.4 Å². The Labute approximate surface area is 245 Å². The van der Waals surface area contributed by atoms with E-state index in [4.69, 9.17) is 4.74 Å². The van der Waals surface area contributed by atoms with Gasteiger partial charge in [0.1, 0.15) is 0 Å². The minimum Gasteiger partial charge on any atom is -0.494 e. The van der Waals surface area contributed by atoms with Crippen molar-refractivity contribution in [2.24, 2.45) is 13.0 Å². The van der Waals surface area contributed by atoms with Gasteiger partial charge in [-0.05, 0) is 43.2 Å². The lowest BCUT2D eigenvalue weighted by molar-refractivity contribution is -0.117.